The maximum Gasteiger partial charge on any atom is 0.400 e. The molecule has 0 N–H and O–H groups in total. The molecule has 0 aromatic heterocycles. The van der Waals surface area contributed by atoms with Crippen LogP contribution in [0.15, 0.2) is 30.3 Å². The summed E-state index contributed by atoms with van der Waals surface area (Å²) >= 11 is 17.7. The van der Waals surface area contributed by atoms with Crippen molar-refractivity contribution in [1.29, 1.82) is 5.26 Å². The van der Waals surface area contributed by atoms with E-state index in [9.17, 15) is 17.6 Å². The molecule has 27 heavy (non-hydrogen) atoms. The van der Waals surface area contributed by atoms with E-state index in [4.69, 9.17) is 40.1 Å². The van der Waals surface area contributed by atoms with Gasteiger partial charge in [-0.1, -0.05) is 34.8 Å². The monoisotopic (exact) mass is 436 g/mol. The second kappa shape index (κ2) is 7.05. The first kappa shape index (κ1) is 20.1. The Morgan fingerprint density at radius 3 is 2.22 bits per heavy atom. The highest BCUT2D eigenvalue weighted by Crippen LogP contribution is 2.50. The molecule has 0 saturated carbocycles. The van der Waals surface area contributed by atoms with Crippen molar-refractivity contribution in [3.05, 3.63) is 62.3 Å². The molecule has 1 saturated heterocycles. The lowest BCUT2D eigenvalue weighted by Gasteiger charge is -2.33. The molecule has 1 heterocycles. The number of alkyl halides is 3. The van der Waals surface area contributed by atoms with Crippen LogP contribution < -0.4 is 4.90 Å². The minimum absolute atomic E-state index is 0.0107. The van der Waals surface area contributed by atoms with Gasteiger partial charge < -0.3 is 4.90 Å². The Balaban J connectivity index is 2.04. The van der Waals surface area contributed by atoms with E-state index >= 15 is 0 Å². The molecule has 0 unspecified atom stereocenters. The van der Waals surface area contributed by atoms with Gasteiger partial charge in [0.2, 0.25) is 0 Å². The smallest absolute Gasteiger partial charge is 0.370 e. The van der Waals surface area contributed by atoms with Crippen LogP contribution in [-0.4, -0.2) is 19.3 Å². The molecule has 3 rings (SSSR count). The third-order valence-electron chi connectivity index (χ3n) is 4.79. The number of anilines is 1. The highest BCUT2D eigenvalue weighted by atomic mass is 35.5. The van der Waals surface area contributed by atoms with Gasteiger partial charge in [0.25, 0.3) is 0 Å². The molecule has 2 nitrogen and oxygen atoms in total. The van der Waals surface area contributed by atoms with Crippen LogP contribution in [0.3, 0.4) is 0 Å². The number of hydrogen-bond acceptors (Lipinski definition) is 2. The van der Waals surface area contributed by atoms with E-state index in [0.717, 1.165) is 6.07 Å². The van der Waals surface area contributed by atoms with Crippen LogP contribution >= 0.6 is 34.8 Å². The number of nitriles is 1. The summed E-state index contributed by atoms with van der Waals surface area (Å²) in [6.45, 7) is -0.390. The fourth-order valence-electron chi connectivity index (χ4n) is 3.28. The maximum atomic E-state index is 14.1. The average Bonchev–Trinajstić information content (AvgIpc) is 3.06. The van der Waals surface area contributed by atoms with E-state index < -0.39 is 24.0 Å². The first-order valence-corrected chi connectivity index (χ1v) is 8.89. The van der Waals surface area contributed by atoms with Gasteiger partial charge in [-0.15, -0.1) is 0 Å². The van der Waals surface area contributed by atoms with Crippen LogP contribution in [0.1, 0.15) is 17.5 Å². The van der Waals surface area contributed by atoms with Gasteiger partial charge in [0, 0.05) is 18.8 Å². The largest absolute Gasteiger partial charge is 0.400 e. The zero-order valence-electron chi connectivity index (χ0n) is 13.5. The normalized spacial score (nSPS) is 20.0. The van der Waals surface area contributed by atoms with Crippen molar-refractivity contribution in [2.24, 2.45) is 0 Å². The molecule has 0 amide bonds. The van der Waals surface area contributed by atoms with E-state index in [1.807, 2.05) is 0 Å². The Labute approximate surface area is 167 Å². The Morgan fingerprint density at radius 1 is 1.07 bits per heavy atom. The van der Waals surface area contributed by atoms with Crippen LogP contribution in [0.5, 0.6) is 0 Å². The van der Waals surface area contributed by atoms with Gasteiger partial charge in [-0.2, -0.15) is 18.4 Å². The van der Waals surface area contributed by atoms with Crippen molar-refractivity contribution in [2.75, 3.05) is 18.0 Å². The summed E-state index contributed by atoms with van der Waals surface area (Å²) in [7, 11) is 0. The van der Waals surface area contributed by atoms with Crippen molar-refractivity contribution < 1.29 is 17.6 Å². The third kappa shape index (κ3) is 3.44. The van der Waals surface area contributed by atoms with Gasteiger partial charge in [0.1, 0.15) is 17.3 Å². The Bertz CT molecular complexity index is 916. The lowest BCUT2D eigenvalue weighted by Crippen LogP contribution is -2.45. The maximum absolute atomic E-state index is 14.1. The lowest BCUT2D eigenvalue weighted by atomic mass is 9.79. The van der Waals surface area contributed by atoms with Gasteiger partial charge in [-0.25, -0.2) is 4.39 Å². The molecular weight excluding hydrogens is 427 g/mol. The minimum atomic E-state index is -4.59. The topological polar surface area (TPSA) is 27.0 Å². The van der Waals surface area contributed by atoms with Crippen LogP contribution in [0, 0.1) is 17.1 Å². The first-order valence-electron chi connectivity index (χ1n) is 7.75. The molecule has 0 aliphatic carbocycles. The molecule has 1 fully saturated rings. The fourth-order valence-corrected chi connectivity index (χ4v) is 3.88. The molecule has 0 bridgehead atoms. The number of benzene rings is 2. The molecule has 0 spiro atoms. The molecule has 9 heteroatoms. The summed E-state index contributed by atoms with van der Waals surface area (Å²) in [6.07, 6.45) is -4.85. The van der Waals surface area contributed by atoms with Gasteiger partial charge in [-0.05, 0) is 42.3 Å². The van der Waals surface area contributed by atoms with E-state index in [-0.39, 0.29) is 44.8 Å². The first-order chi connectivity index (χ1) is 12.6. The van der Waals surface area contributed by atoms with Crippen molar-refractivity contribution in [3.63, 3.8) is 0 Å². The predicted molar refractivity (Wildman–Crippen MR) is 97.2 cm³/mol. The SMILES string of the molecule is N#Cc1ccc(N2CC[C@](c3cc(Cl)c(Cl)c(Cl)c3)(C(F)(F)F)C2)cc1F. The number of hydrogen-bond donors (Lipinski definition) is 0. The van der Waals surface area contributed by atoms with Crippen LogP contribution in [-0.2, 0) is 5.41 Å². The van der Waals surface area contributed by atoms with Gasteiger partial charge in [-0.3, -0.25) is 0 Å². The summed E-state index contributed by atoms with van der Waals surface area (Å²) in [4.78, 5) is 1.42. The molecule has 2 aromatic carbocycles. The number of rotatable bonds is 2. The second-order valence-electron chi connectivity index (χ2n) is 6.28. The van der Waals surface area contributed by atoms with Gasteiger partial charge in [0.15, 0.2) is 0 Å². The van der Waals surface area contributed by atoms with E-state index in [1.54, 1.807) is 6.07 Å². The average molecular weight is 438 g/mol. The summed E-state index contributed by atoms with van der Waals surface area (Å²) < 4.78 is 56.2. The standard InChI is InChI=1S/C18H11Cl3F4N2/c19-13-5-11(6-14(20)16(13)21)17(18(23,24)25)3-4-27(9-17)12-2-1-10(8-26)15(22)7-12/h1-2,5-7H,3-4,9H2/t17-/m0/s1. The molecular formula is C18H11Cl3F4N2. The highest BCUT2D eigenvalue weighted by Gasteiger charge is 2.59. The predicted octanol–water partition coefficient (Wildman–Crippen LogP) is 6.37. The second-order valence-corrected chi connectivity index (χ2v) is 7.47. The van der Waals surface area contributed by atoms with E-state index in [2.05, 4.69) is 0 Å². The van der Waals surface area contributed by atoms with E-state index in [0.29, 0.717) is 0 Å². The minimum Gasteiger partial charge on any atom is -0.370 e. The highest BCUT2D eigenvalue weighted by molar-refractivity contribution is 6.48. The van der Waals surface area contributed by atoms with Crippen LogP contribution in [0.25, 0.3) is 0 Å². The summed E-state index contributed by atoms with van der Waals surface area (Å²) in [5.74, 6) is -0.780. The molecule has 1 aliphatic heterocycles. The third-order valence-corrected chi connectivity index (χ3v) is 5.98. The Morgan fingerprint density at radius 2 is 1.70 bits per heavy atom. The Hall–Kier alpha value is -1.68. The quantitative estimate of drug-likeness (QED) is 0.403. The zero-order valence-corrected chi connectivity index (χ0v) is 15.8. The van der Waals surface area contributed by atoms with Crippen molar-refractivity contribution in [1.82, 2.24) is 0 Å². The zero-order chi connectivity index (χ0) is 20.0. The number of halogens is 7. The number of nitrogens with zero attached hydrogens (tertiary/aromatic N) is 2. The van der Waals surface area contributed by atoms with Crippen LogP contribution in [0.2, 0.25) is 15.1 Å². The summed E-state index contributed by atoms with van der Waals surface area (Å²) in [5.41, 5.74) is -2.22. The molecule has 0 radical (unpaired) electrons. The van der Waals surface area contributed by atoms with E-state index in [1.165, 1.54) is 29.2 Å². The lowest BCUT2D eigenvalue weighted by molar-refractivity contribution is -0.184. The molecule has 142 valence electrons. The van der Waals surface area contributed by atoms with Crippen LogP contribution in [0.4, 0.5) is 23.2 Å². The van der Waals surface area contributed by atoms with Crippen molar-refractivity contribution in [3.8, 4) is 6.07 Å². The van der Waals surface area contributed by atoms with Crippen molar-refractivity contribution >= 4 is 40.5 Å². The summed E-state index contributed by atoms with van der Waals surface area (Å²) in [5, 5.41) is 8.66. The summed E-state index contributed by atoms with van der Waals surface area (Å²) in [6, 6.07) is 7.76. The Kier molecular flexibility index (Phi) is 5.24. The van der Waals surface area contributed by atoms with Gasteiger partial charge in [0.05, 0.1) is 20.6 Å². The molecule has 1 atom stereocenters. The van der Waals surface area contributed by atoms with Gasteiger partial charge >= 0.3 is 6.18 Å². The molecule has 2 aromatic rings. The molecule has 1 aliphatic rings. The van der Waals surface area contributed by atoms with Crippen molar-refractivity contribution in [2.45, 2.75) is 18.0 Å². The fraction of sp³-hybridized carbons (Fsp3) is 0.278.